The molecule has 0 aliphatic heterocycles. The van der Waals surface area contributed by atoms with Crippen LogP contribution < -0.4 is 5.32 Å². The number of para-hydroxylation sites is 1. The Labute approximate surface area is 137 Å². The lowest BCUT2D eigenvalue weighted by Gasteiger charge is -2.12. The minimum Gasteiger partial charge on any atom is -0.451 e. The minimum atomic E-state index is 0.0391. The lowest BCUT2D eigenvalue weighted by Crippen LogP contribution is -2.35. The van der Waals surface area contributed by atoms with E-state index in [1.165, 1.54) is 30.9 Å². The Morgan fingerprint density at radius 1 is 1.39 bits per heavy atom. The van der Waals surface area contributed by atoms with Crippen molar-refractivity contribution in [3.05, 3.63) is 30.6 Å². The van der Waals surface area contributed by atoms with Crippen LogP contribution in [0.5, 0.6) is 0 Å². The molecular weight excluding hydrogens is 310 g/mol. The quantitative estimate of drug-likeness (QED) is 0.575. The van der Waals surface area contributed by atoms with E-state index in [0.717, 1.165) is 16.5 Å². The van der Waals surface area contributed by atoms with Gasteiger partial charge in [-0.25, -0.2) is 9.97 Å². The van der Waals surface area contributed by atoms with Crippen molar-refractivity contribution in [3.63, 3.8) is 0 Å². The van der Waals surface area contributed by atoms with Crippen LogP contribution in [0.1, 0.15) is 19.8 Å². The molecule has 3 aromatic rings. The standard InChI is InChI=1S/C17H17N3O2S/c1-10(11-6-7-11)20-14(21)8-23-17-16-15(18-9-19-17)12-4-2-3-5-13(12)22-16/h2-5,9-11H,6-8H2,1H3,(H,20,21)/t10-/m0/s1. The van der Waals surface area contributed by atoms with Crippen LogP contribution in [0.4, 0.5) is 0 Å². The summed E-state index contributed by atoms with van der Waals surface area (Å²) in [6.45, 7) is 2.07. The zero-order valence-corrected chi connectivity index (χ0v) is 13.6. The van der Waals surface area contributed by atoms with Gasteiger partial charge in [0.05, 0.1) is 5.75 Å². The van der Waals surface area contributed by atoms with E-state index in [4.69, 9.17) is 4.42 Å². The van der Waals surface area contributed by atoms with Gasteiger partial charge in [-0.05, 0) is 37.8 Å². The Bertz CT molecular complexity index is 873. The summed E-state index contributed by atoms with van der Waals surface area (Å²) in [6.07, 6.45) is 3.97. The number of carbonyl (C=O) groups excluding carboxylic acids is 1. The van der Waals surface area contributed by atoms with Gasteiger partial charge in [-0.2, -0.15) is 0 Å². The van der Waals surface area contributed by atoms with Crippen molar-refractivity contribution >= 4 is 39.7 Å². The second-order valence-electron chi connectivity index (χ2n) is 5.94. The first-order chi connectivity index (χ1) is 11.2. The van der Waals surface area contributed by atoms with Crippen LogP contribution in [-0.4, -0.2) is 27.7 Å². The third-order valence-corrected chi connectivity index (χ3v) is 5.15. The molecule has 0 unspecified atom stereocenters. The Kier molecular flexibility index (Phi) is 3.69. The van der Waals surface area contributed by atoms with Crippen LogP contribution in [-0.2, 0) is 4.79 Å². The van der Waals surface area contributed by atoms with Gasteiger partial charge in [-0.3, -0.25) is 4.79 Å². The highest BCUT2D eigenvalue weighted by molar-refractivity contribution is 8.00. The van der Waals surface area contributed by atoms with E-state index in [-0.39, 0.29) is 11.9 Å². The van der Waals surface area contributed by atoms with Crippen LogP contribution in [0.15, 0.2) is 40.0 Å². The van der Waals surface area contributed by atoms with Crippen molar-refractivity contribution in [3.8, 4) is 0 Å². The van der Waals surface area contributed by atoms with Crippen LogP contribution in [0.25, 0.3) is 22.1 Å². The Morgan fingerprint density at radius 2 is 2.22 bits per heavy atom. The zero-order chi connectivity index (χ0) is 15.8. The molecule has 2 aromatic heterocycles. The second kappa shape index (κ2) is 5.85. The van der Waals surface area contributed by atoms with Crippen molar-refractivity contribution in [2.24, 2.45) is 5.92 Å². The number of benzene rings is 1. The summed E-state index contributed by atoms with van der Waals surface area (Å²) >= 11 is 1.39. The maximum Gasteiger partial charge on any atom is 0.230 e. The maximum absolute atomic E-state index is 12.1. The number of fused-ring (bicyclic) bond motifs is 3. The highest BCUT2D eigenvalue weighted by Gasteiger charge is 2.28. The highest BCUT2D eigenvalue weighted by Crippen LogP contribution is 2.33. The maximum atomic E-state index is 12.1. The summed E-state index contributed by atoms with van der Waals surface area (Å²) < 4.78 is 5.87. The average molecular weight is 327 g/mol. The molecule has 4 rings (SSSR count). The van der Waals surface area contributed by atoms with E-state index < -0.39 is 0 Å². The molecule has 1 saturated carbocycles. The second-order valence-corrected chi connectivity index (χ2v) is 6.90. The Balaban J connectivity index is 1.53. The van der Waals surface area contributed by atoms with Gasteiger partial charge < -0.3 is 9.73 Å². The van der Waals surface area contributed by atoms with Gasteiger partial charge in [0.15, 0.2) is 5.58 Å². The first-order valence-corrected chi connectivity index (χ1v) is 8.75. The largest absolute Gasteiger partial charge is 0.451 e. The van der Waals surface area contributed by atoms with Crippen LogP contribution >= 0.6 is 11.8 Å². The molecule has 0 radical (unpaired) electrons. The SMILES string of the molecule is C[C@H](NC(=O)CSc1ncnc2c1oc1ccccc12)C1CC1. The predicted octanol–water partition coefficient (Wildman–Crippen LogP) is 3.38. The van der Waals surface area contributed by atoms with Crippen LogP contribution in [0.3, 0.4) is 0 Å². The molecule has 118 valence electrons. The summed E-state index contributed by atoms with van der Waals surface area (Å²) in [5.41, 5.74) is 2.24. The molecule has 1 atom stereocenters. The van der Waals surface area contributed by atoms with Gasteiger partial charge >= 0.3 is 0 Å². The molecule has 1 N–H and O–H groups in total. The summed E-state index contributed by atoms with van der Waals surface area (Å²) in [4.78, 5) is 20.7. The Hall–Kier alpha value is -2.08. The van der Waals surface area contributed by atoms with Gasteiger partial charge in [-0.15, -0.1) is 0 Å². The smallest absolute Gasteiger partial charge is 0.230 e. The van der Waals surface area contributed by atoms with Gasteiger partial charge in [0.2, 0.25) is 5.91 Å². The van der Waals surface area contributed by atoms with Gasteiger partial charge in [0.1, 0.15) is 22.5 Å². The van der Waals surface area contributed by atoms with Crippen molar-refractivity contribution in [1.82, 2.24) is 15.3 Å². The van der Waals surface area contributed by atoms with E-state index in [2.05, 4.69) is 22.2 Å². The molecule has 1 amide bonds. The molecule has 0 spiro atoms. The number of carbonyl (C=O) groups is 1. The molecular formula is C17H17N3O2S. The lowest BCUT2D eigenvalue weighted by atomic mass is 10.2. The number of nitrogens with one attached hydrogen (secondary N) is 1. The van der Waals surface area contributed by atoms with Crippen molar-refractivity contribution in [1.29, 1.82) is 0 Å². The van der Waals surface area contributed by atoms with Crippen molar-refractivity contribution < 1.29 is 9.21 Å². The van der Waals surface area contributed by atoms with E-state index in [9.17, 15) is 4.79 Å². The predicted molar refractivity (Wildman–Crippen MR) is 90.4 cm³/mol. The first-order valence-electron chi connectivity index (χ1n) is 7.77. The fraction of sp³-hybridized carbons (Fsp3) is 0.353. The summed E-state index contributed by atoms with van der Waals surface area (Å²) in [5.74, 6) is 1.03. The van der Waals surface area contributed by atoms with E-state index in [1.807, 2.05) is 24.3 Å². The number of furan rings is 1. The molecule has 0 saturated heterocycles. The van der Waals surface area contributed by atoms with Crippen molar-refractivity contribution in [2.75, 3.05) is 5.75 Å². The monoisotopic (exact) mass is 327 g/mol. The summed E-state index contributed by atoms with van der Waals surface area (Å²) in [6, 6.07) is 8.04. The topological polar surface area (TPSA) is 68.0 Å². The number of amides is 1. The molecule has 0 bridgehead atoms. The minimum absolute atomic E-state index is 0.0391. The number of hydrogen-bond donors (Lipinski definition) is 1. The third-order valence-electron chi connectivity index (χ3n) is 4.18. The normalized spacial score (nSPS) is 15.9. The average Bonchev–Trinajstić information content (AvgIpc) is 3.34. The van der Waals surface area contributed by atoms with E-state index in [1.54, 1.807) is 0 Å². The fourth-order valence-electron chi connectivity index (χ4n) is 2.75. The summed E-state index contributed by atoms with van der Waals surface area (Å²) in [5, 5.41) is 4.73. The van der Waals surface area contributed by atoms with Gasteiger partial charge in [0, 0.05) is 11.4 Å². The molecule has 2 heterocycles. The first kappa shape index (κ1) is 14.5. The molecule has 1 aromatic carbocycles. The molecule has 1 fully saturated rings. The number of nitrogens with zero attached hydrogens (tertiary/aromatic N) is 2. The number of hydrogen-bond acceptors (Lipinski definition) is 5. The number of aromatic nitrogens is 2. The number of thioether (sulfide) groups is 1. The van der Waals surface area contributed by atoms with Gasteiger partial charge in [-0.1, -0.05) is 23.9 Å². The fourth-order valence-corrected chi connectivity index (χ4v) is 3.49. The van der Waals surface area contributed by atoms with Crippen molar-refractivity contribution in [2.45, 2.75) is 30.8 Å². The van der Waals surface area contributed by atoms with E-state index >= 15 is 0 Å². The Morgan fingerprint density at radius 3 is 3.04 bits per heavy atom. The molecule has 23 heavy (non-hydrogen) atoms. The third kappa shape index (κ3) is 2.91. The van der Waals surface area contributed by atoms with E-state index in [0.29, 0.717) is 22.3 Å². The molecule has 6 heteroatoms. The highest BCUT2D eigenvalue weighted by atomic mass is 32.2. The molecule has 1 aliphatic rings. The lowest BCUT2D eigenvalue weighted by molar-refractivity contribution is -0.119. The van der Waals surface area contributed by atoms with Crippen LogP contribution in [0, 0.1) is 5.92 Å². The van der Waals surface area contributed by atoms with Crippen LogP contribution in [0.2, 0.25) is 0 Å². The zero-order valence-electron chi connectivity index (χ0n) is 12.8. The van der Waals surface area contributed by atoms with Gasteiger partial charge in [0.25, 0.3) is 0 Å². The number of rotatable bonds is 5. The molecule has 5 nitrogen and oxygen atoms in total. The molecule has 1 aliphatic carbocycles. The summed E-state index contributed by atoms with van der Waals surface area (Å²) in [7, 11) is 0.